The number of hydrogen-bond acceptors (Lipinski definition) is 4. The molecule has 0 bridgehead atoms. The third-order valence-electron chi connectivity index (χ3n) is 1.71. The van der Waals surface area contributed by atoms with E-state index >= 15 is 0 Å². The largest absolute Gasteiger partial charge is 0.479 e. The van der Waals surface area contributed by atoms with E-state index in [4.69, 9.17) is 20.4 Å². The summed E-state index contributed by atoms with van der Waals surface area (Å²) in [5, 5.41) is 33.0. The van der Waals surface area contributed by atoms with Crippen molar-refractivity contribution in [2.45, 2.75) is 51.7 Å². The lowest BCUT2D eigenvalue weighted by atomic mass is 10.1. The predicted molar refractivity (Wildman–Crippen MR) is 56.6 cm³/mol. The lowest BCUT2D eigenvalue weighted by Crippen LogP contribution is -2.13. The quantitative estimate of drug-likeness (QED) is 0.487. The fourth-order valence-corrected chi connectivity index (χ4v) is 0.721. The molecule has 0 aliphatic carbocycles. The number of aliphatic carboxylic acids is 1. The van der Waals surface area contributed by atoms with Crippen LogP contribution in [0.1, 0.15) is 39.5 Å². The molecule has 92 valence electrons. The first-order valence-electron chi connectivity index (χ1n) is 5.15. The molecule has 0 aromatic carbocycles. The van der Waals surface area contributed by atoms with Crippen LogP contribution in [0.3, 0.4) is 0 Å². The summed E-state index contributed by atoms with van der Waals surface area (Å²) in [6.07, 6.45) is 2.36. The van der Waals surface area contributed by atoms with Gasteiger partial charge in [-0.2, -0.15) is 0 Å². The Morgan fingerprint density at radius 1 is 1.27 bits per heavy atom. The summed E-state index contributed by atoms with van der Waals surface area (Å²) in [5.41, 5.74) is 0. The van der Waals surface area contributed by atoms with Gasteiger partial charge < -0.3 is 20.4 Å². The fraction of sp³-hybridized carbons (Fsp3) is 0.900. The minimum Gasteiger partial charge on any atom is -0.479 e. The van der Waals surface area contributed by atoms with Crippen molar-refractivity contribution in [3.8, 4) is 0 Å². The first kappa shape index (κ1) is 16.8. The molecule has 0 radical (unpaired) electrons. The first-order chi connectivity index (χ1) is 6.95. The monoisotopic (exact) mass is 222 g/mol. The Kier molecular flexibility index (Phi) is 12.8. The van der Waals surface area contributed by atoms with Gasteiger partial charge in [0.05, 0.1) is 12.7 Å². The van der Waals surface area contributed by atoms with E-state index in [2.05, 4.69) is 6.92 Å². The first-order valence-corrected chi connectivity index (χ1v) is 5.15. The van der Waals surface area contributed by atoms with Crippen LogP contribution in [0.4, 0.5) is 0 Å². The number of aliphatic hydroxyl groups excluding tert-OH is 3. The number of carboxylic acid groups (broad SMARTS) is 1. The number of rotatable bonds is 6. The molecule has 5 nitrogen and oxygen atoms in total. The van der Waals surface area contributed by atoms with Gasteiger partial charge in [-0.1, -0.05) is 26.2 Å². The number of unbranched alkanes of at least 4 members (excludes halogenated alkanes) is 2. The third kappa shape index (κ3) is 16.1. The SMILES string of the molecule is CC(O)C(=O)O.CCCCCC(O)CO. The highest BCUT2D eigenvalue weighted by Crippen LogP contribution is 2.01. The Morgan fingerprint density at radius 3 is 2.00 bits per heavy atom. The van der Waals surface area contributed by atoms with Gasteiger partial charge in [0, 0.05) is 0 Å². The number of aliphatic hydroxyl groups is 3. The molecule has 0 rings (SSSR count). The molecule has 2 atom stereocenters. The van der Waals surface area contributed by atoms with Crippen LogP contribution in [0.5, 0.6) is 0 Å². The predicted octanol–water partition coefficient (Wildman–Crippen LogP) is 0.372. The Morgan fingerprint density at radius 2 is 1.73 bits per heavy atom. The Labute approximate surface area is 90.4 Å². The van der Waals surface area contributed by atoms with Crippen molar-refractivity contribution in [1.82, 2.24) is 0 Å². The zero-order valence-corrected chi connectivity index (χ0v) is 9.39. The summed E-state index contributed by atoms with van der Waals surface area (Å²) >= 11 is 0. The van der Waals surface area contributed by atoms with Crippen molar-refractivity contribution in [3.63, 3.8) is 0 Å². The standard InChI is InChI=1S/C7H16O2.C3H6O3/c1-2-3-4-5-7(9)6-8;1-2(4)3(5)6/h7-9H,2-6H2,1H3;2,4H,1H3,(H,5,6). The molecule has 0 heterocycles. The lowest BCUT2D eigenvalue weighted by molar-refractivity contribution is -0.145. The lowest BCUT2D eigenvalue weighted by Gasteiger charge is -2.04. The van der Waals surface area contributed by atoms with Crippen LogP contribution >= 0.6 is 0 Å². The van der Waals surface area contributed by atoms with Crippen LogP contribution in [0, 0.1) is 0 Å². The normalized spacial score (nSPS) is 13.7. The van der Waals surface area contributed by atoms with Crippen molar-refractivity contribution >= 4 is 5.97 Å². The summed E-state index contributed by atoms with van der Waals surface area (Å²) in [4.78, 5) is 9.45. The molecule has 0 saturated carbocycles. The van der Waals surface area contributed by atoms with Crippen LogP contribution in [0.15, 0.2) is 0 Å². The summed E-state index contributed by atoms with van der Waals surface area (Å²) in [5.74, 6) is -1.19. The van der Waals surface area contributed by atoms with Crippen LogP contribution < -0.4 is 0 Å². The second-order valence-corrected chi connectivity index (χ2v) is 3.35. The van der Waals surface area contributed by atoms with Gasteiger partial charge >= 0.3 is 5.97 Å². The van der Waals surface area contributed by atoms with E-state index in [0.717, 1.165) is 25.7 Å². The fourth-order valence-electron chi connectivity index (χ4n) is 0.721. The average molecular weight is 222 g/mol. The molecule has 0 amide bonds. The van der Waals surface area contributed by atoms with Gasteiger partial charge in [-0.3, -0.25) is 0 Å². The zero-order chi connectivity index (χ0) is 12.3. The van der Waals surface area contributed by atoms with Gasteiger partial charge in [0.2, 0.25) is 0 Å². The van der Waals surface area contributed by atoms with Crippen molar-refractivity contribution < 1.29 is 25.2 Å². The van der Waals surface area contributed by atoms with Crippen molar-refractivity contribution in [1.29, 1.82) is 0 Å². The molecule has 0 aliphatic heterocycles. The topological polar surface area (TPSA) is 98.0 Å². The minimum absolute atomic E-state index is 0.0935. The van der Waals surface area contributed by atoms with Gasteiger partial charge in [-0.05, 0) is 13.3 Å². The van der Waals surface area contributed by atoms with E-state index in [1.807, 2.05) is 0 Å². The minimum atomic E-state index is -1.23. The maximum atomic E-state index is 9.45. The van der Waals surface area contributed by atoms with Gasteiger partial charge in [0.1, 0.15) is 6.10 Å². The second-order valence-electron chi connectivity index (χ2n) is 3.35. The average Bonchev–Trinajstić information content (AvgIpc) is 2.18. The molecule has 4 N–H and O–H groups in total. The molecule has 5 heteroatoms. The Hall–Kier alpha value is -0.650. The van der Waals surface area contributed by atoms with Crippen LogP contribution in [0.25, 0.3) is 0 Å². The van der Waals surface area contributed by atoms with Gasteiger partial charge in [-0.15, -0.1) is 0 Å². The molecule has 0 saturated heterocycles. The number of carboxylic acids is 1. The molecule has 0 aromatic rings. The highest BCUT2D eigenvalue weighted by molar-refractivity contribution is 5.71. The molecular weight excluding hydrogens is 200 g/mol. The van der Waals surface area contributed by atoms with E-state index in [-0.39, 0.29) is 6.61 Å². The third-order valence-corrected chi connectivity index (χ3v) is 1.71. The molecule has 2 unspecified atom stereocenters. The van der Waals surface area contributed by atoms with E-state index in [0.29, 0.717) is 0 Å². The second kappa shape index (κ2) is 11.4. The maximum absolute atomic E-state index is 9.45. The Bertz CT molecular complexity index is 147. The Balaban J connectivity index is 0. The zero-order valence-electron chi connectivity index (χ0n) is 9.39. The van der Waals surface area contributed by atoms with Crippen LogP contribution in [0.2, 0.25) is 0 Å². The van der Waals surface area contributed by atoms with E-state index < -0.39 is 18.2 Å². The van der Waals surface area contributed by atoms with Crippen molar-refractivity contribution in [2.24, 2.45) is 0 Å². The van der Waals surface area contributed by atoms with Gasteiger partial charge in [-0.25, -0.2) is 4.79 Å². The smallest absolute Gasteiger partial charge is 0.332 e. The molecule has 0 aliphatic rings. The number of hydrogen-bond donors (Lipinski definition) is 4. The summed E-state index contributed by atoms with van der Waals surface area (Å²) in [6.45, 7) is 3.22. The maximum Gasteiger partial charge on any atom is 0.332 e. The highest BCUT2D eigenvalue weighted by Gasteiger charge is 2.01. The van der Waals surface area contributed by atoms with Crippen molar-refractivity contribution in [3.05, 3.63) is 0 Å². The number of carbonyl (C=O) groups is 1. The van der Waals surface area contributed by atoms with Crippen LogP contribution in [-0.4, -0.2) is 45.2 Å². The molecule has 0 spiro atoms. The van der Waals surface area contributed by atoms with Gasteiger partial charge in [0.25, 0.3) is 0 Å². The highest BCUT2D eigenvalue weighted by atomic mass is 16.4. The molecule has 0 fully saturated rings. The van der Waals surface area contributed by atoms with Crippen molar-refractivity contribution in [2.75, 3.05) is 6.61 Å². The molecule has 15 heavy (non-hydrogen) atoms. The summed E-state index contributed by atoms with van der Waals surface area (Å²) in [7, 11) is 0. The van der Waals surface area contributed by atoms with E-state index in [9.17, 15) is 4.79 Å². The summed E-state index contributed by atoms with van der Waals surface area (Å²) < 4.78 is 0. The molecule has 0 aromatic heterocycles. The van der Waals surface area contributed by atoms with E-state index in [1.165, 1.54) is 6.92 Å². The molecular formula is C10H22O5. The summed E-state index contributed by atoms with van der Waals surface area (Å²) in [6, 6.07) is 0. The van der Waals surface area contributed by atoms with Gasteiger partial charge in [0.15, 0.2) is 0 Å². The van der Waals surface area contributed by atoms with Crippen LogP contribution in [-0.2, 0) is 4.79 Å². The van der Waals surface area contributed by atoms with E-state index in [1.54, 1.807) is 0 Å².